The fraction of sp³-hybridized carbons (Fsp3) is 0.636. The fourth-order valence-electron chi connectivity index (χ4n) is 1.97. The van der Waals surface area contributed by atoms with E-state index < -0.39 is 0 Å². The normalized spacial score (nSPS) is 20.4. The van der Waals surface area contributed by atoms with Gasteiger partial charge in [-0.1, -0.05) is 0 Å². The number of nitrogens with two attached hydrogens (primary N) is 1. The van der Waals surface area contributed by atoms with E-state index in [0.29, 0.717) is 6.54 Å². The Balaban J connectivity index is 2.08. The van der Waals surface area contributed by atoms with Gasteiger partial charge in [-0.05, 0) is 19.1 Å². The Morgan fingerprint density at radius 3 is 2.67 bits per heavy atom. The molecule has 2 N–H and O–H groups in total. The first-order valence-corrected chi connectivity index (χ1v) is 5.39. The van der Waals surface area contributed by atoms with Crippen molar-refractivity contribution in [3.8, 4) is 0 Å². The Morgan fingerprint density at radius 2 is 2.13 bits per heavy atom. The molecular weight excluding hydrogens is 192 g/mol. The molecular formula is C11H18N2O2. The molecule has 0 amide bonds. The van der Waals surface area contributed by atoms with Gasteiger partial charge in [-0.25, -0.2) is 0 Å². The molecule has 1 aromatic heterocycles. The maximum absolute atomic E-state index is 5.80. The lowest BCUT2D eigenvalue weighted by atomic mass is 10.2. The molecule has 0 aromatic carbocycles. The molecule has 15 heavy (non-hydrogen) atoms. The van der Waals surface area contributed by atoms with E-state index in [4.69, 9.17) is 14.9 Å². The van der Waals surface area contributed by atoms with Gasteiger partial charge in [-0.15, -0.1) is 0 Å². The van der Waals surface area contributed by atoms with Crippen molar-refractivity contribution in [1.29, 1.82) is 0 Å². The second kappa shape index (κ2) is 4.79. The third kappa shape index (κ3) is 2.40. The minimum atomic E-state index is 0.197. The average Bonchev–Trinajstić information content (AvgIpc) is 2.68. The van der Waals surface area contributed by atoms with E-state index >= 15 is 0 Å². The van der Waals surface area contributed by atoms with Gasteiger partial charge in [0.05, 0.1) is 19.3 Å². The largest absolute Gasteiger partial charge is 0.465 e. The summed E-state index contributed by atoms with van der Waals surface area (Å²) in [5.74, 6) is 1.91. The van der Waals surface area contributed by atoms with Gasteiger partial charge < -0.3 is 14.9 Å². The number of hydrogen-bond donors (Lipinski definition) is 1. The van der Waals surface area contributed by atoms with Gasteiger partial charge in [0.15, 0.2) is 0 Å². The maximum Gasteiger partial charge on any atom is 0.122 e. The monoisotopic (exact) mass is 210 g/mol. The van der Waals surface area contributed by atoms with E-state index in [0.717, 1.165) is 37.8 Å². The average molecular weight is 210 g/mol. The highest BCUT2D eigenvalue weighted by molar-refractivity contribution is 5.10. The summed E-state index contributed by atoms with van der Waals surface area (Å²) in [5.41, 5.74) is 5.80. The summed E-state index contributed by atoms with van der Waals surface area (Å²) < 4.78 is 10.9. The maximum atomic E-state index is 5.80. The standard InChI is InChI=1S/C11H18N2O2/c1-9-2-3-11(15-9)10(8-12)13-4-6-14-7-5-13/h2-3,10H,4-8,12H2,1H3/t10-/m0/s1. The van der Waals surface area contributed by atoms with Gasteiger partial charge in [0.2, 0.25) is 0 Å². The second-order valence-electron chi connectivity index (χ2n) is 3.85. The molecule has 1 aliphatic heterocycles. The van der Waals surface area contributed by atoms with Crippen molar-refractivity contribution >= 4 is 0 Å². The van der Waals surface area contributed by atoms with E-state index in [-0.39, 0.29) is 6.04 Å². The number of furan rings is 1. The zero-order valence-corrected chi connectivity index (χ0v) is 9.11. The molecule has 0 saturated carbocycles. The Labute approximate surface area is 90.0 Å². The minimum absolute atomic E-state index is 0.197. The van der Waals surface area contributed by atoms with Crippen molar-refractivity contribution in [2.24, 2.45) is 5.73 Å². The lowest BCUT2D eigenvalue weighted by Crippen LogP contribution is -2.41. The first-order valence-electron chi connectivity index (χ1n) is 5.39. The molecule has 0 bridgehead atoms. The lowest BCUT2D eigenvalue weighted by molar-refractivity contribution is 0.0134. The highest BCUT2D eigenvalue weighted by atomic mass is 16.5. The first-order chi connectivity index (χ1) is 7.31. The van der Waals surface area contributed by atoms with Crippen LogP contribution in [0.25, 0.3) is 0 Å². The fourth-order valence-corrected chi connectivity index (χ4v) is 1.97. The number of nitrogens with zero attached hydrogens (tertiary/aromatic N) is 1. The van der Waals surface area contributed by atoms with Crippen LogP contribution < -0.4 is 5.73 Å². The Kier molecular flexibility index (Phi) is 3.41. The van der Waals surface area contributed by atoms with E-state index in [1.807, 2.05) is 19.1 Å². The van der Waals surface area contributed by atoms with Crippen LogP contribution in [-0.2, 0) is 4.74 Å². The molecule has 84 valence electrons. The van der Waals surface area contributed by atoms with Crippen molar-refractivity contribution in [2.75, 3.05) is 32.8 Å². The van der Waals surface area contributed by atoms with Crippen molar-refractivity contribution in [1.82, 2.24) is 4.90 Å². The van der Waals surface area contributed by atoms with E-state index in [2.05, 4.69) is 4.90 Å². The van der Waals surface area contributed by atoms with E-state index in [1.165, 1.54) is 0 Å². The summed E-state index contributed by atoms with van der Waals surface area (Å²) >= 11 is 0. The molecule has 0 radical (unpaired) electrons. The summed E-state index contributed by atoms with van der Waals surface area (Å²) in [5, 5.41) is 0. The molecule has 1 aliphatic rings. The second-order valence-corrected chi connectivity index (χ2v) is 3.85. The highest BCUT2D eigenvalue weighted by Gasteiger charge is 2.23. The van der Waals surface area contributed by atoms with Gasteiger partial charge in [0, 0.05) is 19.6 Å². The predicted molar refractivity (Wildman–Crippen MR) is 57.6 cm³/mol. The third-order valence-electron chi connectivity index (χ3n) is 2.80. The van der Waals surface area contributed by atoms with Crippen LogP contribution in [0.5, 0.6) is 0 Å². The van der Waals surface area contributed by atoms with Crippen LogP contribution in [0.3, 0.4) is 0 Å². The first kappa shape index (κ1) is 10.7. The molecule has 1 atom stereocenters. The summed E-state index contributed by atoms with van der Waals surface area (Å²) in [6, 6.07) is 4.20. The lowest BCUT2D eigenvalue weighted by Gasteiger charge is -2.32. The number of morpholine rings is 1. The van der Waals surface area contributed by atoms with Gasteiger partial charge in [0.1, 0.15) is 11.5 Å². The Hall–Kier alpha value is -0.840. The highest BCUT2D eigenvalue weighted by Crippen LogP contribution is 2.22. The topological polar surface area (TPSA) is 51.6 Å². The van der Waals surface area contributed by atoms with Crippen molar-refractivity contribution < 1.29 is 9.15 Å². The SMILES string of the molecule is Cc1ccc([C@H](CN)N2CCOCC2)o1. The molecule has 1 fully saturated rings. The number of aryl methyl sites for hydroxylation is 1. The van der Waals surface area contributed by atoms with Crippen LogP contribution in [-0.4, -0.2) is 37.7 Å². The van der Waals surface area contributed by atoms with Crippen LogP contribution in [0.1, 0.15) is 17.6 Å². The quantitative estimate of drug-likeness (QED) is 0.806. The Morgan fingerprint density at radius 1 is 1.40 bits per heavy atom. The zero-order chi connectivity index (χ0) is 10.7. The van der Waals surface area contributed by atoms with Gasteiger partial charge in [-0.2, -0.15) is 0 Å². The smallest absolute Gasteiger partial charge is 0.122 e. The molecule has 0 spiro atoms. The molecule has 0 aliphatic carbocycles. The summed E-state index contributed by atoms with van der Waals surface area (Å²) in [7, 11) is 0. The number of ether oxygens (including phenoxy) is 1. The molecule has 1 saturated heterocycles. The van der Waals surface area contributed by atoms with Crippen molar-refractivity contribution in [2.45, 2.75) is 13.0 Å². The summed E-state index contributed by atoms with van der Waals surface area (Å²) in [6.45, 7) is 5.99. The van der Waals surface area contributed by atoms with Crippen molar-refractivity contribution in [3.05, 3.63) is 23.7 Å². The molecule has 2 rings (SSSR count). The zero-order valence-electron chi connectivity index (χ0n) is 9.11. The summed E-state index contributed by atoms with van der Waals surface area (Å²) in [4.78, 5) is 2.32. The summed E-state index contributed by atoms with van der Waals surface area (Å²) in [6.07, 6.45) is 0. The predicted octanol–water partition coefficient (Wildman–Crippen LogP) is 0.920. The van der Waals surface area contributed by atoms with Crippen LogP contribution in [0.15, 0.2) is 16.5 Å². The van der Waals surface area contributed by atoms with Gasteiger partial charge in [0.25, 0.3) is 0 Å². The van der Waals surface area contributed by atoms with E-state index in [9.17, 15) is 0 Å². The van der Waals surface area contributed by atoms with E-state index in [1.54, 1.807) is 0 Å². The van der Waals surface area contributed by atoms with Crippen molar-refractivity contribution in [3.63, 3.8) is 0 Å². The van der Waals surface area contributed by atoms with Crippen LogP contribution in [0.4, 0.5) is 0 Å². The molecule has 4 heteroatoms. The van der Waals surface area contributed by atoms with Crippen LogP contribution in [0, 0.1) is 6.92 Å². The molecule has 4 nitrogen and oxygen atoms in total. The molecule has 0 unspecified atom stereocenters. The number of hydrogen-bond acceptors (Lipinski definition) is 4. The molecule has 2 heterocycles. The Bertz CT molecular complexity index is 305. The van der Waals surface area contributed by atoms with Gasteiger partial charge in [-0.3, -0.25) is 4.90 Å². The third-order valence-corrected chi connectivity index (χ3v) is 2.80. The van der Waals surface area contributed by atoms with Crippen LogP contribution in [0.2, 0.25) is 0 Å². The van der Waals surface area contributed by atoms with Gasteiger partial charge >= 0.3 is 0 Å². The molecule has 1 aromatic rings. The number of rotatable bonds is 3. The van der Waals surface area contributed by atoms with Crippen LogP contribution >= 0.6 is 0 Å². The minimum Gasteiger partial charge on any atom is -0.465 e.